The molecular weight excluding hydrogens is 314 g/mol. The molecule has 2 N–H and O–H groups in total. The Kier molecular flexibility index (Phi) is 6.55. The van der Waals surface area contributed by atoms with Gasteiger partial charge in [0.1, 0.15) is 0 Å². The number of carbonyl (C=O) groups is 2. The number of hydrogen-bond acceptors (Lipinski definition) is 2. The highest BCUT2D eigenvalue weighted by molar-refractivity contribution is 5.87. The Morgan fingerprint density at radius 2 is 1.24 bits per heavy atom. The molecule has 0 saturated heterocycles. The standard InChI is InChI=1S/C21H33NO3/c23-20(18-15-12-13-16(14-15)19(18)21(24)25)22-17-10-8-6-4-2-1-3-5-7-9-11-17/h12-13,15-19H,1-11,14H2,(H,22,23)(H,24,25)/t15-,16+,18-,19+/m1/s1. The van der Waals surface area contributed by atoms with E-state index < -0.39 is 11.9 Å². The molecule has 4 nitrogen and oxygen atoms in total. The molecule has 3 aliphatic rings. The van der Waals surface area contributed by atoms with E-state index in [2.05, 4.69) is 11.4 Å². The lowest BCUT2D eigenvalue weighted by molar-refractivity contribution is -0.148. The number of rotatable bonds is 3. The van der Waals surface area contributed by atoms with Crippen LogP contribution in [0.3, 0.4) is 0 Å². The summed E-state index contributed by atoms with van der Waals surface area (Å²) in [6, 6.07) is 0.226. The number of nitrogens with one attached hydrogen (secondary N) is 1. The topological polar surface area (TPSA) is 66.4 Å². The number of carboxylic acids is 1. The maximum absolute atomic E-state index is 12.9. The molecule has 0 aromatic heterocycles. The van der Waals surface area contributed by atoms with E-state index in [-0.39, 0.29) is 29.7 Å². The van der Waals surface area contributed by atoms with Gasteiger partial charge in [0.15, 0.2) is 0 Å². The molecule has 2 fully saturated rings. The van der Waals surface area contributed by atoms with Gasteiger partial charge in [-0.15, -0.1) is 0 Å². The Balaban J connectivity index is 1.57. The third kappa shape index (κ3) is 4.65. The molecular formula is C21H33NO3. The highest BCUT2D eigenvalue weighted by Crippen LogP contribution is 2.48. The molecule has 140 valence electrons. The van der Waals surface area contributed by atoms with Crippen LogP contribution in [0.5, 0.6) is 0 Å². The molecule has 4 atom stereocenters. The lowest BCUT2D eigenvalue weighted by atomic mass is 9.82. The Morgan fingerprint density at radius 1 is 0.760 bits per heavy atom. The van der Waals surface area contributed by atoms with Gasteiger partial charge >= 0.3 is 5.97 Å². The number of hydrogen-bond donors (Lipinski definition) is 2. The van der Waals surface area contributed by atoms with Gasteiger partial charge in [-0.25, -0.2) is 0 Å². The fourth-order valence-electron chi connectivity index (χ4n) is 5.12. The van der Waals surface area contributed by atoms with Crippen LogP contribution in [0.2, 0.25) is 0 Å². The number of allylic oxidation sites excluding steroid dienone is 2. The molecule has 4 heteroatoms. The number of amides is 1. The quantitative estimate of drug-likeness (QED) is 0.748. The smallest absolute Gasteiger partial charge is 0.307 e. The van der Waals surface area contributed by atoms with Crippen LogP contribution >= 0.6 is 0 Å². The molecule has 0 spiro atoms. The first kappa shape index (κ1) is 18.5. The van der Waals surface area contributed by atoms with E-state index in [0.717, 1.165) is 19.3 Å². The SMILES string of the molecule is O=C(O)[C@@H]1[C@H](C(=O)NC2CCCCCCCCCCC2)[C@@H]2C=C[C@H]1C2. The normalized spacial score (nSPS) is 34.2. The summed E-state index contributed by atoms with van der Waals surface area (Å²) in [6.07, 6.45) is 18.5. The minimum absolute atomic E-state index is 0.0126. The van der Waals surface area contributed by atoms with E-state index in [1.54, 1.807) is 0 Å². The summed E-state index contributed by atoms with van der Waals surface area (Å²) in [6.45, 7) is 0. The molecule has 1 amide bonds. The Hall–Kier alpha value is -1.32. The third-order valence-electron chi connectivity index (χ3n) is 6.50. The van der Waals surface area contributed by atoms with Crippen molar-refractivity contribution in [2.45, 2.75) is 83.1 Å². The van der Waals surface area contributed by atoms with Crippen LogP contribution in [0.4, 0.5) is 0 Å². The molecule has 0 aromatic carbocycles. The predicted octanol–water partition coefficient (Wildman–Crippen LogP) is 4.30. The molecule has 2 bridgehead atoms. The molecule has 0 aliphatic heterocycles. The van der Waals surface area contributed by atoms with E-state index in [1.165, 1.54) is 57.8 Å². The molecule has 0 radical (unpaired) electrons. The van der Waals surface area contributed by atoms with E-state index in [0.29, 0.717) is 0 Å². The van der Waals surface area contributed by atoms with Crippen molar-refractivity contribution in [3.63, 3.8) is 0 Å². The van der Waals surface area contributed by atoms with E-state index in [1.807, 2.05) is 6.08 Å². The van der Waals surface area contributed by atoms with Crippen molar-refractivity contribution in [2.24, 2.45) is 23.7 Å². The van der Waals surface area contributed by atoms with Gasteiger partial charge in [-0.1, -0.05) is 69.9 Å². The van der Waals surface area contributed by atoms with Crippen molar-refractivity contribution in [1.29, 1.82) is 0 Å². The van der Waals surface area contributed by atoms with Gasteiger partial charge in [0.2, 0.25) is 5.91 Å². The monoisotopic (exact) mass is 347 g/mol. The predicted molar refractivity (Wildman–Crippen MR) is 98.1 cm³/mol. The largest absolute Gasteiger partial charge is 0.481 e. The maximum Gasteiger partial charge on any atom is 0.307 e. The zero-order valence-corrected chi connectivity index (χ0v) is 15.3. The summed E-state index contributed by atoms with van der Waals surface area (Å²) in [5.41, 5.74) is 0. The Labute approximate surface area is 151 Å². The van der Waals surface area contributed by atoms with Crippen molar-refractivity contribution < 1.29 is 14.7 Å². The second-order valence-corrected chi connectivity index (χ2v) is 8.30. The molecule has 0 heterocycles. The summed E-state index contributed by atoms with van der Waals surface area (Å²) >= 11 is 0. The summed E-state index contributed by atoms with van der Waals surface area (Å²) < 4.78 is 0. The van der Waals surface area contributed by atoms with Crippen molar-refractivity contribution in [1.82, 2.24) is 5.32 Å². The fraction of sp³-hybridized carbons (Fsp3) is 0.810. The van der Waals surface area contributed by atoms with Crippen LogP contribution in [0.1, 0.15) is 77.0 Å². The zero-order chi connectivity index (χ0) is 17.6. The highest BCUT2D eigenvalue weighted by Gasteiger charge is 2.51. The van der Waals surface area contributed by atoms with Gasteiger partial charge in [0.05, 0.1) is 11.8 Å². The van der Waals surface area contributed by atoms with E-state index in [9.17, 15) is 14.7 Å². The number of aliphatic carboxylic acids is 1. The summed E-state index contributed by atoms with van der Waals surface area (Å²) in [7, 11) is 0. The van der Waals surface area contributed by atoms with E-state index in [4.69, 9.17) is 0 Å². The fourth-order valence-corrected chi connectivity index (χ4v) is 5.12. The molecule has 2 saturated carbocycles. The van der Waals surface area contributed by atoms with Crippen molar-refractivity contribution in [3.8, 4) is 0 Å². The van der Waals surface area contributed by atoms with E-state index >= 15 is 0 Å². The second kappa shape index (κ2) is 8.86. The number of carboxylic acid groups (broad SMARTS) is 1. The van der Waals surface area contributed by atoms with Crippen LogP contribution in [-0.2, 0) is 9.59 Å². The van der Waals surface area contributed by atoms with Crippen LogP contribution in [-0.4, -0.2) is 23.0 Å². The van der Waals surface area contributed by atoms with Crippen LogP contribution in [0.25, 0.3) is 0 Å². The highest BCUT2D eigenvalue weighted by atomic mass is 16.4. The molecule has 25 heavy (non-hydrogen) atoms. The molecule has 3 rings (SSSR count). The summed E-state index contributed by atoms with van der Waals surface area (Å²) in [5, 5.41) is 12.8. The van der Waals surface area contributed by atoms with Crippen molar-refractivity contribution >= 4 is 11.9 Å². The first-order valence-corrected chi connectivity index (χ1v) is 10.4. The van der Waals surface area contributed by atoms with Gasteiger partial charge in [-0.2, -0.15) is 0 Å². The minimum atomic E-state index is -0.810. The minimum Gasteiger partial charge on any atom is -0.481 e. The third-order valence-corrected chi connectivity index (χ3v) is 6.50. The van der Waals surface area contributed by atoms with Crippen molar-refractivity contribution in [3.05, 3.63) is 12.2 Å². The molecule has 3 aliphatic carbocycles. The number of carbonyl (C=O) groups excluding carboxylic acids is 1. The molecule has 0 unspecified atom stereocenters. The molecule has 0 aromatic rings. The first-order valence-electron chi connectivity index (χ1n) is 10.4. The first-order chi connectivity index (χ1) is 12.2. The second-order valence-electron chi connectivity index (χ2n) is 8.30. The average molecular weight is 347 g/mol. The van der Waals surface area contributed by atoms with Crippen LogP contribution < -0.4 is 5.32 Å². The van der Waals surface area contributed by atoms with Gasteiger partial charge in [0.25, 0.3) is 0 Å². The zero-order valence-electron chi connectivity index (χ0n) is 15.3. The Morgan fingerprint density at radius 3 is 1.76 bits per heavy atom. The van der Waals surface area contributed by atoms with Gasteiger partial charge < -0.3 is 10.4 Å². The number of fused-ring (bicyclic) bond motifs is 2. The average Bonchev–Trinajstić information content (AvgIpc) is 3.18. The lowest BCUT2D eigenvalue weighted by Gasteiger charge is -2.27. The Bertz CT molecular complexity index is 489. The van der Waals surface area contributed by atoms with Crippen LogP contribution in [0.15, 0.2) is 12.2 Å². The van der Waals surface area contributed by atoms with Crippen LogP contribution in [0, 0.1) is 23.7 Å². The maximum atomic E-state index is 12.9. The summed E-state index contributed by atoms with van der Waals surface area (Å²) in [4.78, 5) is 24.5. The lowest BCUT2D eigenvalue weighted by Crippen LogP contribution is -2.44. The summed E-state index contributed by atoms with van der Waals surface area (Å²) in [5.74, 6) is -1.54. The van der Waals surface area contributed by atoms with Crippen molar-refractivity contribution in [2.75, 3.05) is 0 Å². The van der Waals surface area contributed by atoms with Gasteiger partial charge in [-0.3, -0.25) is 9.59 Å². The van der Waals surface area contributed by atoms with Gasteiger partial charge in [-0.05, 0) is 31.1 Å². The van der Waals surface area contributed by atoms with Gasteiger partial charge in [0, 0.05) is 6.04 Å².